The number of hydrogen-bond donors (Lipinski definition) is 0. The van der Waals surface area contributed by atoms with Gasteiger partial charge in [0, 0.05) is 0 Å². The molecule has 1 heterocycles. The highest BCUT2D eigenvalue weighted by molar-refractivity contribution is 9.10. The van der Waals surface area contributed by atoms with Gasteiger partial charge in [0.1, 0.15) is 0 Å². The molecule has 0 saturated heterocycles. The molecule has 0 aliphatic carbocycles. The van der Waals surface area contributed by atoms with Gasteiger partial charge in [-0.2, -0.15) is 0 Å². The van der Waals surface area contributed by atoms with Gasteiger partial charge >= 0.3 is 0 Å². The summed E-state index contributed by atoms with van der Waals surface area (Å²) in [5.74, 6) is 0. The van der Waals surface area contributed by atoms with E-state index in [-0.39, 0.29) is 0 Å². The molecule has 0 aliphatic heterocycles. The van der Waals surface area contributed by atoms with Crippen molar-refractivity contribution in [3.63, 3.8) is 0 Å². The van der Waals surface area contributed by atoms with Crippen LogP contribution in [-0.2, 0) is 0 Å². The van der Waals surface area contributed by atoms with Crippen LogP contribution in [0.15, 0.2) is 4.73 Å². The minimum absolute atomic E-state index is 0.526. The third-order valence-electron chi connectivity index (χ3n) is 1.42. The molecular weight excluding hydrogens is 208 g/mol. The number of rotatable bonds is 1. The lowest BCUT2D eigenvalue weighted by atomic mass is 10.2. The van der Waals surface area contributed by atoms with Gasteiger partial charge < -0.3 is 0 Å². The monoisotopic (exact) mass is 214 g/mol. The normalized spacial score (nSPS) is 9.73. The third kappa shape index (κ3) is 1.63. The maximum Gasteiger partial charge on any atom is 0.197 e. The fourth-order valence-corrected chi connectivity index (χ4v) is 1.39. The summed E-state index contributed by atoms with van der Waals surface area (Å²) in [6, 6.07) is 0. The van der Waals surface area contributed by atoms with E-state index in [0.717, 1.165) is 6.29 Å². The average molecular weight is 215 g/mol. The van der Waals surface area contributed by atoms with Crippen molar-refractivity contribution in [1.82, 2.24) is 9.97 Å². The van der Waals surface area contributed by atoms with Gasteiger partial charge in [0.25, 0.3) is 0 Å². The van der Waals surface area contributed by atoms with E-state index in [0.29, 0.717) is 21.7 Å². The number of carbonyl (C=O) groups is 1. The van der Waals surface area contributed by atoms with Crippen molar-refractivity contribution < 1.29 is 4.79 Å². The second-order valence-electron chi connectivity index (χ2n) is 2.19. The standard InChI is InChI=1S/C7H7BrN2O/c1-4-6(3-11)5(2)10-7(8)9-4/h3H,1-2H3. The summed E-state index contributed by atoms with van der Waals surface area (Å²) < 4.78 is 0.526. The lowest BCUT2D eigenvalue weighted by molar-refractivity contribution is 0.112. The molecule has 0 aliphatic rings. The molecule has 0 aromatic carbocycles. The van der Waals surface area contributed by atoms with E-state index in [4.69, 9.17) is 0 Å². The predicted octanol–water partition coefficient (Wildman–Crippen LogP) is 1.67. The van der Waals surface area contributed by atoms with Crippen molar-refractivity contribution in [3.05, 3.63) is 21.7 Å². The number of aryl methyl sites for hydroxylation is 2. The van der Waals surface area contributed by atoms with Crippen molar-refractivity contribution in [3.8, 4) is 0 Å². The lowest BCUT2D eigenvalue weighted by Gasteiger charge is -2.00. The van der Waals surface area contributed by atoms with Crippen LogP contribution in [0.5, 0.6) is 0 Å². The summed E-state index contributed by atoms with van der Waals surface area (Å²) in [6.07, 6.45) is 0.775. The summed E-state index contributed by atoms with van der Waals surface area (Å²) >= 11 is 3.14. The molecule has 0 unspecified atom stereocenters. The minimum atomic E-state index is 0.526. The van der Waals surface area contributed by atoms with E-state index in [1.54, 1.807) is 13.8 Å². The van der Waals surface area contributed by atoms with Gasteiger partial charge in [0.15, 0.2) is 11.0 Å². The first-order valence-corrected chi connectivity index (χ1v) is 3.90. The first kappa shape index (κ1) is 8.33. The van der Waals surface area contributed by atoms with Gasteiger partial charge in [-0.05, 0) is 29.8 Å². The van der Waals surface area contributed by atoms with Gasteiger partial charge in [0.2, 0.25) is 0 Å². The quantitative estimate of drug-likeness (QED) is 0.528. The summed E-state index contributed by atoms with van der Waals surface area (Å²) in [7, 11) is 0. The van der Waals surface area contributed by atoms with Crippen LogP contribution in [0.4, 0.5) is 0 Å². The Hall–Kier alpha value is -0.770. The zero-order valence-corrected chi connectivity index (χ0v) is 7.84. The summed E-state index contributed by atoms with van der Waals surface area (Å²) in [5.41, 5.74) is 1.99. The molecule has 58 valence electrons. The molecule has 0 spiro atoms. The van der Waals surface area contributed by atoms with Crippen LogP contribution in [0, 0.1) is 13.8 Å². The Morgan fingerprint density at radius 2 is 1.73 bits per heavy atom. The van der Waals surface area contributed by atoms with Crippen LogP contribution in [0.1, 0.15) is 21.7 Å². The average Bonchev–Trinajstić information content (AvgIpc) is 1.85. The van der Waals surface area contributed by atoms with Crippen LogP contribution in [0.3, 0.4) is 0 Å². The zero-order chi connectivity index (χ0) is 8.43. The molecular formula is C7H7BrN2O. The molecule has 1 rings (SSSR count). The molecule has 4 heteroatoms. The number of nitrogens with zero attached hydrogens (tertiary/aromatic N) is 2. The zero-order valence-electron chi connectivity index (χ0n) is 6.26. The largest absolute Gasteiger partial charge is 0.298 e. The Morgan fingerprint density at radius 3 is 2.09 bits per heavy atom. The molecule has 1 aromatic heterocycles. The summed E-state index contributed by atoms with van der Waals surface area (Å²) in [5, 5.41) is 0. The Kier molecular flexibility index (Phi) is 2.34. The van der Waals surface area contributed by atoms with Gasteiger partial charge in [-0.3, -0.25) is 4.79 Å². The number of hydrogen-bond acceptors (Lipinski definition) is 3. The van der Waals surface area contributed by atoms with Crippen molar-refractivity contribution in [2.24, 2.45) is 0 Å². The van der Waals surface area contributed by atoms with Crippen LogP contribution < -0.4 is 0 Å². The fourth-order valence-electron chi connectivity index (χ4n) is 0.855. The molecule has 0 fully saturated rings. The van der Waals surface area contributed by atoms with Crippen molar-refractivity contribution in [2.45, 2.75) is 13.8 Å². The predicted molar refractivity (Wildman–Crippen MR) is 44.6 cm³/mol. The molecule has 0 radical (unpaired) electrons. The van der Waals surface area contributed by atoms with Crippen LogP contribution in [0.25, 0.3) is 0 Å². The Bertz CT molecular complexity index is 275. The van der Waals surface area contributed by atoms with E-state index in [2.05, 4.69) is 25.9 Å². The van der Waals surface area contributed by atoms with Gasteiger partial charge in [-0.1, -0.05) is 0 Å². The van der Waals surface area contributed by atoms with Gasteiger partial charge in [-0.25, -0.2) is 9.97 Å². The first-order valence-electron chi connectivity index (χ1n) is 3.11. The molecule has 1 aromatic rings. The van der Waals surface area contributed by atoms with Crippen molar-refractivity contribution in [1.29, 1.82) is 0 Å². The van der Waals surface area contributed by atoms with E-state index in [1.807, 2.05) is 0 Å². The van der Waals surface area contributed by atoms with Gasteiger partial charge in [-0.15, -0.1) is 0 Å². The summed E-state index contributed by atoms with van der Waals surface area (Å²) in [6.45, 7) is 3.56. The molecule has 0 N–H and O–H groups in total. The van der Waals surface area contributed by atoms with Gasteiger partial charge in [0.05, 0.1) is 17.0 Å². The molecule has 0 saturated carbocycles. The smallest absolute Gasteiger partial charge is 0.197 e. The maximum absolute atomic E-state index is 10.5. The highest BCUT2D eigenvalue weighted by Crippen LogP contribution is 2.10. The molecule has 0 bridgehead atoms. The van der Waals surface area contributed by atoms with E-state index in [9.17, 15) is 4.79 Å². The highest BCUT2D eigenvalue weighted by Gasteiger charge is 2.04. The summed E-state index contributed by atoms with van der Waals surface area (Å²) in [4.78, 5) is 18.4. The lowest BCUT2D eigenvalue weighted by Crippen LogP contribution is -1.98. The Morgan fingerprint density at radius 1 is 1.27 bits per heavy atom. The minimum Gasteiger partial charge on any atom is -0.298 e. The SMILES string of the molecule is Cc1nc(Br)nc(C)c1C=O. The maximum atomic E-state index is 10.5. The molecule has 0 amide bonds. The van der Waals surface area contributed by atoms with E-state index < -0.39 is 0 Å². The van der Waals surface area contributed by atoms with Crippen LogP contribution in [0.2, 0.25) is 0 Å². The molecule has 3 nitrogen and oxygen atoms in total. The van der Waals surface area contributed by atoms with E-state index >= 15 is 0 Å². The van der Waals surface area contributed by atoms with Crippen LogP contribution in [-0.4, -0.2) is 16.3 Å². The second kappa shape index (κ2) is 3.09. The first-order chi connectivity index (χ1) is 5.15. The number of aromatic nitrogens is 2. The fraction of sp³-hybridized carbons (Fsp3) is 0.286. The Balaban J connectivity index is 3.36. The van der Waals surface area contributed by atoms with E-state index in [1.165, 1.54) is 0 Å². The topological polar surface area (TPSA) is 42.9 Å². The molecule has 11 heavy (non-hydrogen) atoms. The molecule has 0 atom stereocenters. The van der Waals surface area contributed by atoms with Crippen LogP contribution >= 0.6 is 15.9 Å². The highest BCUT2D eigenvalue weighted by atomic mass is 79.9. The van der Waals surface area contributed by atoms with Crippen molar-refractivity contribution >= 4 is 22.2 Å². The van der Waals surface area contributed by atoms with Crippen molar-refractivity contribution in [2.75, 3.05) is 0 Å². The number of aldehydes is 1. The Labute approximate surface area is 73.0 Å². The number of halogens is 1. The third-order valence-corrected chi connectivity index (χ3v) is 1.77. The number of carbonyl (C=O) groups excluding carboxylic acids is 1. The second-order valence-corrected chi connectivity index (χ2v) is 2.90.